The van der Waals surface area contributed by atoms with Crippen LogP contribution in [0.25, 0.3) is 10.9 Å². The molecule has 3 aromatic rings. The Balaban J connectivity index is 2.11. The van der Waals surface area contributed by atoms with Crippen LogP contribution in [0.4, 0.5) is 0 Å². The van der Waals surface area contributed by atoms with E-state index in [-0.39, 0.29) is 0 Å². The summed E-state index contributed by atoms with van der Waals surface area (Å²) < 4.78 is 16.2. The number of carbonyl (C=O) groups is 1. The van der Waals surface area contributed by atoms with Crippen molar-refractivity contribution in [2.75, 3.05) is 14.2 Å². The molecule has 0 aliphatic rings. The maximum absolute atomic E-state index is 12.5. The Kier molecular flexibility index (Phi) is 3.42. The molecule has 6 heteroatoms. The van der Waals surface area contributed by atoms with Crippen molar-refractivity contribution in [1.29, 1.82) is 0 Å². The summed E-state index contributed by atoms with van der Waals surface area (Å²) in [5.41, 5.74) is 0.175. The van der Waals surface area contributed by atoms with Crippen LogP contribution in [0, 0.1) is 0 Å². The van der Waals surface area contributed by atoms with Crippen LogP contribution in [0.15, 0.2) is 51.8 Å². The third-order valence-electron chi connectivity index (χ3n) is 3.34. The highest BCUT2D eigenvalue weighted by atomic mass is 16.5. The van der Waals surface area contributed by atoms with Crippen molar-refractivity contribution in [3.05, 3.63) is 58.4 Å². The fourth-order valence-corrected chi connectivity index (χ4v) is 2.16. The van der Waals surface area contributed by atoms with Gasteiger partial charge < -0.3 is 14.0 Å². The normalized spacial score (nSPS) is 10.6. The number of rotatable bonds is 3. The van der Waals surface area contributed by atoms with Crippen LogP contribution in [0.3, 0.4) is 0 Å². The van der Waals surface area contributed by atoms with Crippen LogP contribution in [0.2, 0.25) is 0 Å². The van der Waals surface area contributed by atoms with Gasteiger partial charge in [-0.25, -0.2) is 4.79 Å². The maximum atomic E-state index is 12.5. The summed E-state index contributed by atoms with van der Waals surface area (Å²) in [4.78, 5) is 24.4. The molecule has 0 aliphatic heterocycles. The van der Waals surface area contributed by atoms with Crippen LogP contribution in [0.1, 0.15) is 10.4 Å². The van der Waals surface area contributed by atoms with E-state index in [4.69, 9.17) is 14.0 Å². The standard InChI is InChI=1S/C16H13NO5/c1-20-11-5-3-10(4-6-11)15(18)17-14-9-12(21-2)7-8-13(14)16(19)22-17/h3-9H,1-2H3. The zero-order chi connectivity index (χ0) is 15.7. The second-order valence-corrected chi connectivity index (χ2v) is 4.59. The Morgan fingerprint density at radius 3 is 2.27 bits per heavy atom. The number of fused-ring (bicyclic) bond motifs is 1. The predicted molar refractivity (Wildman–Crippen MR) is 79.7 cm³/mol. The summed E-state index contributed by atoms with van der Waals surface area (Å²) in [6.45, 7) is 0. The first-order valence-corrected chi connectivity index (χ1v) is 6.53. The monoisotopic (exact) mass is 299 g/mol. The van der Waals surface area contributed by atoms with E-state index in [0.29, 0.717) is 28.0 Å². The maximum Gasteiger partial charge on any atom is 0.366 e. The molecule has 112 valence electrons. The molecule has 1 aromatic heterocycles. The average Bonchev–Trinajstić information content (AvgIpc) is 2.90. The van der Waals surface area contributed by atoms with Gasteiger partial charge in [-0.1, -0.05) is 0 Å². The summed E-state index contributed by atoms with van der Waals surface area (Å²) in [5.74, 6) is 0.727. The Morgan fingerprint density at radius 2 is 1.64 bits per heavy atom. The first-order valence-electron chi connectivity index (χ1n) is 6.53. The highest BCUT2D eigenvalue weighted by Crippen LogP contribution is 2.20. The lowest BCUT2D eigenvalue weighted by Gasteiger charge is -2.04. The van der Waals surface area contributed by atoms with Crippen LogP contribution in [-0.2, 0) is 0 Å². The molecular formula is C16H13NO5. The molecule has 0 N–H and O–H groups in total. The molecule has 0 amide bonds. The molecule has 1 heterocycles. The molecule has 0 aliphatic carbocycles. The highest BCUT2D eigenvalue weighted by molar-refractivity contribution is 6.00. The van der Waals surface area contributed by atoms with Gasteiger partial charge in [0.05, 0.1) is 19.6 Å². The molecular weight excluding hydrogens is 286 g/mol. The number of ether oxygens (including phenoxy) is 2. The van der Waals surface area contributed by atoms with Gasteiger partial charge in [0.2, 0.25) is 0 Å². The molecule has 0 unspecified atom stereocenters. The Morgan fingerprint density at radius 1 is 1.00 bits per heavy atom. The van der Waals surface area contributed by atoms with Gasteiger partial charge in [-0.15, -0.1) is 4.74 Å². The van der Waals surface area contributed by atoms with Crippen LogP contribution in [-0.4, -0.2) is 24.9 Å². The van der Waals surface area contributed by atoms with Crippen molar-refractivity contribution in [3.8, 4) is 11.5 Å². The number of hydrogen-bond donors (Lipinski definition) is 0. The first-order chi connectivity index (χ1) is 10.6. The second kappa shape index (κ2) is 5.40. The van der Waals surface area contributed by atoms with Crippen LogP contribution in [0.5, 0.6) is 11.5 Å². The molecule has 0 saturated heterocycles. The largest absolute Gasteiger partial charge is 0.497 e. The molecule has 0 saturated carbocycles. The SMILES string of the molecule is COc1ccc(C(=O)n2oc(=O)c3ccc(OC)cc32)cc1. The van der Waals surface area contributed by atoms with Gasteiger partial charge in [0.25, 0.3) is 5.91 Å². The summed E-state index contributed by atoms with van der Waals surface area (Å²) >= 11 is 0. The zero-order valence-electron chi connectivity index (χ0n) is 12.0. The summed E-state index contributed by atoms with van der Waals surface area (Å²) in [6.07, 6.45) is 0. The fraction of sp³-hybridized carbons (Fsp3) is 0.125. The topological polar surface area (TPSA) is 70.7 Å². The number of nitrogens with zero attached hydrogens (tertiary/aromatic N) is 1. The van der Waals surface area contributed by atoms with Crippen molar-refractivity contribution in [3.63, 3.8) is 0 Å². The Hall–Kier alpha value is -3.02. The second-order valence-electron chi connectivity index (χ2n) is 4.59. The van der Waals surface area contributed by atoms with E-state index < -0.39 is 11.5 Å². The van der Waals surface area contributed by atoms with E-state index in [1.54, 1.807) is 49.6 Å². The number of methoxy groups -OCH3 is 2. The molecule has 0 spiro atoms. The van der Waals surface area contributed by atoms with E-state index in [0.717, 1.165) is 4.74 Å². The average molecular weight is 299 g/mol. The number of aromatic nitrogens is 1. The van der Waals surface area contributed by atoms with Crippen LogP contribution >= 0.6 is 0 Å². The van der Waals surface area contributed by atoms with Gasteiger partial charge in [-0.3, -0.25) is 4.79 Å². The minimum Gasteiger partial charge on any atom is -0.497 e. The predicted octanol–water partition coefficient (Wildman–Crippen LogP) is 2.30. The highest BCUT2D eigenvalue weighted by Gasteiger charge is 2.17. The molecule has 3 rings (SSSR count). The van der Waals surface area contributed by atoms with Gasteiger partial charge >= 0.3 is 5.63 Å². The van der Waals surface area contributed by atoms with Gasteiger partial charge in [0.1, 0.15) is 17.0 Å². The van der Waals surface area contributed by atoms with Crippen molar-refractivity contribution < 1.29 is 18.8 Å². The lowest BCUT2D eigenvalue weighted by molar-refractivity contribution is 0.0850. The van der Waals surface area contributed by atoms with Gasteiger partial charge in [-0.05, 0) is 36.4 Å². The lowest BCUT2D eigenvalue weighted by atomic mass is 10.2. The summed E-state index contributed by atoms with van der Waals surface area (Å²) in [7, 11) is 3.05. The van der Waals surface area contributed by atoms with Crippen molar-refractivity contribution in [2.24, 2.45) is 0 Å². The number of carbonyl (C=O) groups excluding carboxylic acids is 1. The van der Waals surface area contributed by atoms with E-state index in [9.17, 15) is 9.59 Å². The van der Waals surface area contributed by atoms with Gasteiger partial charge in [0, 0.05) is 11.6 Å². The van der Waals surface area contributed by atoms with Gasteiger partial charge in [0.15, 0.2) is 0 Å². The van der Waals surface area contributed by atoms with E-state index in [1.807, 2.05) is 0 Å². The number of hydrogen-bond acceptors (Lipinski definition) is 5. The van der Waals surface area contributed by atoms with E-state index in [2.05, 4.69) is 0 Å². The minimum absolute atomic E-state index is 0.322. The molecule has 0 radical (unpaired) electrons. The smallest absolute Gasteiger partial charge is 0.366 e. The quantitative estimate of drug-likeness (QED) is 0.742. The molecule has 0 bridgehead atoms. The van der Waals surface area contributed by atoms with Gasteiger partial charge in [-0.2, -0.15) is 0 Å². The van der Waals surface area contributed by atoms with Crippen molar-refractivity contribution in [2.45, 2.75) is 0 Å². The summed E-state index contributed by atoms with van der Waals surface area (Å²) in [5, 5.41) is 0.322. The molecule has 2 aromatic carbocycles. The Bertz CT molecular complexity index is 889. The first kappa shape index (κ1) is 13.9. The third kappa shape index (κ3) is 2.24. The molecule has 0 fully saturated rings. The summed E-state index contributed by atoms with van der Waals surface area (Å²) in [6, 6.07) is 11.3. The molecule has 22 heavy (non-hydrogen) atoms. The lowest BCUT2D eigenvalue weighted by Crippen LogP contribution is -2.11. The minimum atomic E-state index is -0.570. The Labute approximate surface area is 125 Å². The van der Waals surface area contributed by atoms with E-state index >= 15 is 0 Å². The molecule has 6 nitrogen and oxygen atoms in total. The van der Waals surface area contributed by atoms with Crippen LogP contribution < -0.4 is 15.1 Å². The fourth-order valence-electron chi connectivity index (χ4n) is 2.16. The zero-order valence-corrected chi connectivity index (χ0v) is 12.0. The third-order valence-corrected chi connectivity index (χ3v) is 3.34. The molecule has 0 atom stereocenters. The number of benzene rings is 2. The van der Waals surface area contributed by atoms with E-state index in [1.165, 1.54) is 7.11 Å². The van der Waals surface area contributed by atoms with Crippen molar-refractivity contribution >= 4 is 16.8 Å². The van der Waals surface area contributed by atoms with Crippen molar-refractivity contribution in [1.82, 2.24) is 4.74 Å².